The van der Waals surface area contributed by atoms with Crippen LogP contribution in [0.25, 0.3) is 0 Å². The number of carboxylic acid groups (broad SMARTS) is 1. The highest BCUT2D eigenvalue weighted by atomic mass is 35.5. The van der Waals surface area contributed by atoms with E-state index in [1.165, 1.54) is 6.07 Å². The summed E-state index contributed by atoms with van der Waals surface area (Å²) >= 11 is 12.0. The smallest absolute Gasteiger partial charge is 0.339 e. The van der Waals surface area contributed by atoms with Gasteiger partial charge in [-0.15, -0.1) is 0 Å². The number of anilines is 2. The molecule has 2 aromatic rings. The van der Waals surface area contributed by atoms with E-state index in [0.717, 1.165) is 0 Å². The summed E-state index contributed by atoms with van der Waals surface area (Å²) < 4.78 is 0. The number of hydrogen-bond acceptors (Lipinski definition) is 3. The Morgan fingerprint density at radius 1 is 1.10 bits per heavy atom. The molecule has 0 aliphatic rings. The van der Waals surface area contributed by atoms with E-state index in [2.05, 4.69) is 5.32 Å². The van der Waals surface area contributed by atoms with Gasteiger partial charge in [0.05, 0.1) is 10.7 Å². The summed E-state index contributed by atoms with van der Waals surface area (Å²) in [5.74, 6) is -1.10. The second kappa shape index (κ2) is 6.13. The average Bonchev–Trinajstić information content (AvgIpc) is 2.38. The highest BCUT2D eigenvalue weighted by Gasteiger charge is 2.15. The van der Waals surface area contributed by atoms with Gasteiger partial charge in [-0.1, -0.05) is 35.3 Å². The second-order valence-corrected chi connectivity index (χ2v) is 4.88. The van der Waals surface area contributed by atoms with Crippen molar-refractivity contribution in [3.63, 3.8) is 0 Å². The Bertz CT molecular complexity index is 660. The van der Waals surface area contributed by atoms with Crippen molar-refractivity contribution in [2.45, 2.75) is 6.54 Å². The zero-order valence-corrected chi connectivity index (χ0v) is 11.9. The zero-order chi connectivity index (χ0) is 14.7. The molecule has 0 radical (unpaired) electrons. The Kier molecular flexibility index (Phi) is 4.49. The van der Waals surface area contributed by atoms with Crippen molar-refractivity contribution in [1.29, 1.82) is 0 Å². The number of aromatic carboxylic acids is 1. The van der Waals surface area contributed by atoms with Crippen LogP contribution >= 0.6 is 23.2 Å². The van der Waals surface area contributed by atoms with Crippen molar-refractivity contribution in [1.82, 2.24) is 0 Å². The summed E-state index contributed by atoms with van der Waals surface area (Å²) in [6.07, 6.45) is 0. The van der Waals surface area contributed by atoms with Gasteiger partial charge in [0.15, 0.2) is 0 Å². The molecular formula is C14H12Cl2N2O2. The van der Waals surface area contributed by atoms with Crippen molar-refractivity contribution in [2.75, 3.05) is 5.32 Å². The molecule has 0 bridgehead atoms. The van der Waals surface area contributed by atoms with Gasteiger partial charge >= 0.3 is 5.97 Å². The molecule has 0 fully saturated rings. The molecule has 0 amide bonds. The van der Waals surface area contributed by atoms with Gasteiger partial charge in [0, 0.05) is 22.8 Å². The Hall–Kier alpha value is -1.75. The van der Waals surface area contributed by atoms with Crippen LogP contribution in [0.5, 0.6) is 0 Å². The third-order valence-corrected chi connectivity index (χ3v) is 3.49. The van der Waals surface area contributed by atoms with Gasteiger partial charge in [0.2, 0.25) is 0 Å². The van der Waals surface area contributed by atoms with Gasteiger partial charge < -0.3 is 16.2 Å². The average molecular weight is 311 g/mol. The van der Waals surface area contributed by atoms with E-state index in [-0.39, 0.29) is 17.1 Å². The summed E-state index contributed by atoms with van der Waals surface area (Å²) in [4.78, 5) is 11.3. The fourth-order valence-electron chi connectivity index (χ4n) is 1.87. The molecule has 0 aliphatic heterocycles. The van der Waals surface area contributed by atoms with E-state index >= 15 is 0 Å². The van der Waals surface area contributed by atoms with E-state index in [1.807, 2.05) is 0 Å². The number of rotatable bonds is 4. The summed E-state index contributed by atoms with van der Waals surface area (Å²) in [5.41, 5.74) is 7.44. The molecule has 20 heavy (non-hydrogen) atoms. The summed E-state index contributed by atoms with van der Waals surface area (Å²) in [5, 5.41) is 12.9. The van der Waals surface area contributed by atoms with Crippen LogP contribution in [0.1, 0.15) is 15.9 Å². The highest BCUT2D eigenvalue weighted by molar-refractivity contribution is 6.34. The maximum absolute atomic E-state index is 11.3. The fourth-order valence-corrected chi connectivity index (χ4v) is 2.38. The largest absolute Gasteiger partial charge is 0.478 e. The minimum Gasteiger partial charge on any atom is -0.478 e. The van der Waals surface area contributed by atoms with Gasteiger partial charge in [0.25, 0.3) is 0 Å². The van der Waals surface area contributed by atoms with E-state index < -0.39 is 5.97 Å². The molecule has 6 heteroatoms. The van der Waals surface area contributed by atoms with Crippen LogP contribution in [0, 0.1) is 0 Å². The number of hydrogen-bond donors (Lipinski definition) is 3. The molecule has 4 nitrogen and oxygen atoms in total. The Morgan fingerprint density at radius 3 is 2.30 bits per heavy atom. The number of nitrogens with one attached hydrogen (secondary N) is 1. The number of halogens is 2. The van der Waals surface area contributed by atoms with E-state index in [4.69, 9.17) is 28.9 Å². The van der Waals surface area contributed by atoms with Crippen LogP contribution in [0.4, 0.5) is 11.4 Å². The summed E-state index contributed by atoms with van der Waals surface area (Å²) in [6, 6.07) is 10.1. The molecule has 0 atom stereocenters. The maximum Gasteiger partial charge on any atom is 0.339 e. The van der Waals surface area contributed by atoms with E-state index in [9.17, 15) is 9.90 Å². The third kappa shape index (κ3) is 2.88. The molecule has 0 aliphatic carbocycles. The van der Waals surface area contributed by atoms with Crippen molar-refractivity contribution in [3.8, 4) is 0 Å². The molecule has 0 spiro atoms. The van der Waals surface area contributed by atoms with Crippen LogP contribution in [-0.2, 0) is 6.54 Å². The molecule has 2 aromatic carbocycles. The predicted molar refractivity (Wildman–Crippen MR) is 81.0 cm³/mol. The number of carbonyl (C=O) groups is 1. The summed E-state index contributed by atoms with van der Waals surface area (Å²) in [6.45, 7) is 0.241. The molecule has 0 aromatic heterocycles. The number of carboxylic acids is 1. The lowest BCUT2D eigenvalue weighted by Crippen LogP contribution is -2.07. The van der Waals surface area contributed by atoms with Crippen LogP contribution in [0.2, 0.25) is 10.0 Å². The minimum atomic E-state index is -1.10. The van der Waals surface area contributed by atoms with Crippen LogP contribution in [-0.4, -0.2) is 11.1 Å². The second-order valence-electron chi connectivity index (χ2n) is 4.06. The maximum atomic E-state index is 11.3. The number of benzene rings is 2. The lowest BCUT2D eigenvalue weighted by Gasteiger charge is -2.14. The first-order chi connectivity index (χ1) is 9.54. The minimum absolute atomic E-state index is 0.0112. The lowest BCUT2D eigenvalue weighted by atomic mass is 10.1. The quantitative estimate of drug-likeness (QED) is 0.800. The predicted octanol–water partition coefficient (Wildman–Crippen LogP) is 3.89. The fraction of sp³-hybridized carbons (Fsp3) is 0.0714. The number of nitrogens with two attached hydrogens (primary N) is 1. The first kappa shape index (κ1) is 14.7. The van der Waals surface area contributed by atoms with Gasteiger partial charge in [-0.25, -0.2) is 4.79 Å². The molecule has 0 saturated heterocycles. The topological polar surface area (TPSA) is 75.3 Å². The van der Waals surface area contributed by atoms with Crippen LogP contribution < -0.4 is 11.1 Å². The SMILES string of the molecule is NCc1c(Cl)cccc1Nc1cccc(Cl)c1C(=O)O. The highest BCUT2D eigenvalue weighted by Crippen LogP contribution is 2.31. The molecule has 104 valence electrons. The van der Waals surface area contributed by atoms with Crippen LogP contribution in [0.3, 0.4) is 0 Å². The molecular weight excluding hydrogens is 299 g/mol. The van der Waals surface area contributed by atoms with Gasteiger partial charge in [-0.2, -0.15) is 0 Å². The molecule has 0 heterocycles. The van der Waals surface area contributed by atoms with E-state index in [0.29, 0.717) is 22.0 Å². The van der Waals surface area contributed by atoms with E-state index in [1.54, 1.807) is 30.3 Å². The third-order valence-electron chi connectivity index (χ3n) is 2.82. The molecule has 0 unspecified atom stereocenters. The Labute approximate surface area is 126 Å². The van der Waals surface area contributed by atoms with Crippen molar-refractivity contribution < 1.29 is 9.90 Å². The van der Waals surface area contributed by atoms with Crippen molar-refractivity contribution >= 4 is 40.5 Å². The first-order valence-corrected chi connectivity index (χ1v) is 6.56. The Balaban J connectivity index is 2.48. The van der Waals surface area contributed by atoms with Crippen molar-refractivity contribution in [2.24, 2.45) is 5.73 Å². The van der Waals surface area contributed by atoms with Gasteiger partial charge in [-0.3, -0.25) is 0 Å². The first-order valence-electron chi connectivity index (χ1n) is 5.81. The van der Waals surface area contributed by atoms with Crippen molar-refractivity contribution in [3.05, 3.63) is 57.6 Å². The van der Waals surface area contributed by atoms with Crippen LogP contribution in [0.15, 0.2) is 36.4 Å². The van der Waals surface area contributed by atoms with Gasteiger partial charge in [0.1, 0.15) is 5.56 Å². The lowest BCUT2D eigenvalue weighted by molar-refractivity contribution is 0.0698. The molecule has 2 rings (SSSR count). The standard InChI is InChI=1S/C14H12Cl2N2O2/c15-9-3-1-5-11(8(9)7-17)18-12-6-2-4-10(16)13(12)14(19)20/h1-6,18H,7,17H2,(H,19,20). The molecule has 0 saturated carbocycles. The Morgan fingerprint density at radius 2 is 1.70 bits per heavy atom. The molecule has 4 N–H and O–H groups in total. The normalized spacial score (nSPS) is 10.3. The zero-order valence-electron chi connectivity index (χ0n) is 10.4. The monoisotopic (exact) mass is 310 g/mol. The van der Waals surface area contributed by atoms with Gasteiger partial charge in [-0.05, 0) is 24.3 Å². The summed E-state index contributed by atoms with van der Waals surface area (Å²) in [7, 11) is 0.